The van der Waals surface area contributed by atoms with E-state index in [0.717, 1.165) is 55.1 Å². The van der Waals surface area contributed by atoms with E-state index in [-0.39, 0.29) is 17.9 Å². The number of anilines is 1. The lowest BCUT2D eigenvalue weighted by Gasteiger charge is -2.36. The molecular weight excluding hydrogens is 390 g/mol. The first-order valence-electron chi connectivity index (χ1n) is 11.2. The predicted molar refractivity (Wildman–Crippen MR) is 119 cm³/mol. The summed E-state index contributed by atoms with van der Waals surface area (Å²) in [7, 11) is 1.85. The van der Waals surface area contributed by atoms with Crippen LogP contribution in [0.4, 0.5) is 5.82 Å². The van der Waals surface area contributed by atoms with Gasteiger partial charge in [-0.05, 0) is 31.2 Å². The van der Waals surface area contributed by atoms with Gasteiger partial charge in [0.25, 0.3) is 0 Å². The number of fused-ring (bicyclic) bond motifs is 1. The Bertz CT molecular complexity index is 929. The van der Waals surface area contributed by atoms with Crippen LogP contribution in [0.5, 0.6) is 0 Å². The number of hydrogen-bond acceptors (Lipinski definition) is 5. The molecule has 1 atom stereocenters. The summed E-state index contributed by atoms with van der Waals surface area (Å²) in [5, 5.41) is 3.19. The summed E-state index contributed by atoms with van der Waals surface area (Å²) in [5.74, 6) is 1.74. The first-order chi connectivity index (χ1) is 15.1. The van der Waals surface area contributed by atoms with Crippen molar-refractivity contribution in [3.05, 3.63) is 53.0 Å². The van der Waals surface area contributed by atoms with Crippen molar-refractivity contribution in [2.45, 2.75) is 58.0 Å². The quantitative estimate of drug-likeness (QED) is 0.803. The molecule has 1 fully saturated rings. The van der Waals surface area contributed by atoms with Gasteiger partial charge in [-0.2, -0.15) is 0 Å². The topological polar surface area (TPSA) is 78.4 Å². The molecule has 4 rings (SSSR count). The van der Waals surface area contributed by atoms with Crippen molar-refractivity contribution < 1.29 is 9.59 Å². The smallest absolute Gasteiger partial charge is 0.223 e. The van der Waals surface area contributed by atoms with Gasteiger partial charge in [0.1, 0.15) is 5.82 Å². The van der Waals surface area contributed by atoms with Crippen molar-refractivity contribution >= 4 is 17.6 Å². The van der Waals surface area contributed by atoms with Crippen LogP contribution in [-0.4, -0.2) is 51.7 Å². The molecule has 2 aliphatic heterocycles. The van der Waals surface area contributed by atoms with E-state index in [2.05, 4.69) is 17.4 Å². The van der Waals surface area contributed by atoms with E-state index >= 15 is 0 Å². The van der Waals surface area contributed by atoms with Crippen molar-refractivity contribution in [2.24, 2.45) is 0 Å². The maximum atomic E-state index is 13.1. The summed E-state index contributed by atoms with van der Waals surface area (Å²) in [6.45, 7) is 3.56. The molecule has 2 aliphatic rings. The normalized spacial score (nSPS) is 18.5. The van der Waals surface area contributed by atoms with E-state index in [4.69, 9.17) is 9.97 Å². The molecule has 3 heterocycles. The zero-order chi connectivity index (χ0) is 21.8. The largest absolute Gasteiger partial charge is 0.373 e. The number of carbonyl (C=O) groups is 2. The molecule has 1 N–H and O–H groups in total. The van der Waals surface area contributed by atoms with Crippen molar-refractivity contribution in [3.63, 3.8) is 0 Å². The number of nitrogens with zero attached hydrogens (tertiary/aromatic N) is 4. The molecule has 2 amide bonds. The van der Waals surface area contributed by atoms with Crippen LogP contribution in [0.1, 0.15) is 61.3 Å². The molecule has 1 saturated heterocycles. The standard InChI is InChI=1S/C24H31N5O2/c1-17(30)28-15-13-20-19(16-28)23(25-2)27-24(26-20)21-10-6-7-14-29(21)22(31)12-11-18-8-4-3-5-9-18/h3-5,8-9,21H,6-7,10-16H2,1-2H3,(H,25,26,27)/t21-/m0/s1. The second-order valence-electron chi connectivity index (χ2n) is 8.38. The van der Waals surface area contributed by atoms with Crippen molar-refractivity contribution in [3.8, 4) is 0 Å². The Balaban J connectivity index is 1.55. The number of nitrogens with one attached hydrogen (secondary N) is 1. The maximum Gasteiger partial charge on any atom is 0.223 e. The number of aryl methyl sites for hydroxylation is 1. The molecule has 1 aromatic carbocycles. The molecule has 2 aromatic rings. The number of piperidine rings is 1. The van der Waals surface area contributed by atoms with E-state index in [1.807, 2.05) is 35.0 Å². The summed E-state index contributed by atoms with van der Waals surface area (Å²) in [6.07, 6.45) is 4.94. The van der Waals surface area contributed by atoms with E-state index in [1.165, 1.54) is 5.56 Å². The van der Waals surface area contributed by atoms with Gasteiger partial charge in [0, 0.05) is 45.5 Å². The summed E-state index contributed by atoms with van der Waals surface area (Å²) in [4.78, 5) is 38.5. The second-order valence-corrected chi connectivity index (χ2v) is 8.38. The Kier molecular flexibility index (Phi) is 6.49. The van der Waals surface area contributed by atoms with Crippen LogP contribution in [0.3, 0.4) is 0 Å². The van der Waals surface area contributed by atoms with Crippen LogP contribution in [0.25, 0.3) is 0 Å². The number of amides is 2. The van der Waals surface area contributed by atoms with Crippen LogP contribution in [0.15, 0.2) is 30.3 Å². The highest BCUT2D eigenvalue weighted by molar-refractivity contribution is 5.77. The predicted octanol–water partition coefficient (Wildman–Crippen LogP) is 3.11. The molecule has 0 radical (unpaired) electrons. The highest BCUT2D eigenvalue weighted by Gasteiger charge is 2.32. The summed E-state index contributed by atoms with van der Waals surface area (Å²) in [6, 6.07) is 10.1. The number of likely N-dealkylation sites (tertiary alicyclic amines) is 1. The lowest BCUT2D eigenvalue weighted by atomic mass is 9.99. The summed E-state index contributed by atoms with van der Waals surface area (Å²) < 4.78 is 0. The minimum atomic E-state index is -0.0831. The van der Waals surface area contributed by atoms with Crippen LogP contribution >= 0.6 is 0 Å². The van der Waals surface area contributed by atoms with Crippen LogP contribution in [0, 0.1) is 0 Å². The number of aromatic nitrogens is 2. The Morgan fingerprint density at radius 3 is 2.68 bits per heavy atom. The fourth-order valence-electron chi connectivity index (χ4n) is 4.60. The van der Waals surface area contributed by atoms with Gasteiger partial charge in [0.15, 0.2) is 5.82 Å². The third-order valence-electron chi connectivity index (χ3n) is 6.35. The van der Waals surface area contributed by atoms with Gasteiger partial charge in [0.2, 0.25) is 11.8 Å². The van der Waals surface area contributed by atoms with Gasteiger partial charge < -0.3 is 15.1 Å². The minimum absolute atomic E-state index is 0.0687. The molecule has 0 saturated carbocycles. The Morgan fingerprint density at radius 2 is 1.94 bits per heavy atom. The molecule has 7 nitrogen and oxygen atoms in total. The summed E-state index contributed by atoms with van der Waals surface area (Å²) >= 11 is 0. The molecule has 7 heteroatoms. The average Bonchev–Trinajstić information content (AvgIpc) is 2.82. The molecule has 1 aromatic heterocycles. The van der Waals surface area contributed by atoms with E-state index < -0.39 is 0 Å². The molecule has 164 valence electrons. The van der Waals surface area contributed by atoms with E-state index in [1.54, 1.807) is 6.92 Å². The zero-order valence-electron chi connectivity index (χ0n) is 18.4. The molecule has 0 spiro atoms. The first kappa shape index (κ1) is 21.3. The zero-order valence-corrected chi connectivity index (χ0v) is 18.4. The number of hydrogen-bond donors (Lipinski definition) is 1. The number of rotatable bonds is 5. The highest BCUT2D eigenvalue weighted by Crippen LogP contribution is 2.33. The highest BCUT2D eigenvalue weighted by atomic mass is 16.2. The van der Waals surface area contributed by atoms with Crippen molar-refractivity contribution in [1.29, 1.82) is 0 Å². The number of carbonyl (C=O) groups excluding carboxylic acids is 2. The first-order valence-corrected chi connectivity index (χ1v) is 11.2. The SMILES string of the molecule is CNc1nc([C@@H]2CCCCN2C(=O)CCc2ccccc2)nc2c1CN(C(C)=O)CC2. The van der Waals surface area contributed by atoms with Gasteiger partial charge in [-0.3, -0.25) is 9.59 Å². The van der Waals surface area contributed by atoms with E-state index in [9.17, 15) is 9.59 Å². The Hall–Kier alpha value is -2.96. The molecule has 0 bridgehead atoms. The maximum absolute atomic E-state index is 13.1. The molecule has 0 unspecified atom stereocenters. The average molecular weight is 422 g/mol. The van der Waals surface area contributed by atoms with Gasteiger partial charge >= 0.3 is 0 Å². The lowest BCUT2D eigenvalue weighted by molar-refractivity contribution is -0.135. The molecule has 0 aliphatic carbocycles. The van der Waals surface area contributed by atoms with E-state index in [0.29, 0.717) is 25.9 Å². The van der Waals surface area contributed by atoms with Crippen molar-refractivity contribution in [2.75, 3.05) is 25.5 Å². The Morgan fingerprint density at radius 1 is 1.13 bits per heavy atom. The molecular formula is C24H31N5O2. The lowest BCUT2D eigenvalue weighted by Crippen LogP contribution is -2.40. The van der Waals surface area contributed by atoms with Gasteiger partial charge in [0.05, 0.1) is 18.3 Å². The van der Waals surface area contributed by atoms with Gasteiger partial charge in [-0.1, -0.05) is 30.3 Å². The van der Waals surface area contributed by atoms with Gasteiger partial charge in [-0.15, -0.1) is 0 Å². The van der Waals surface area contributed by atoms with Crippen LogP contribution in [-0.2, 0) is 29.0 Å². The minimum Gasteiger partial charge on any atom is -0.373 e. The number of benzene rings is 1. The third-order valence-corrected chi connectivity index (χ3v) is 6.35. The summed E-state index contributed by atoms with van der Waals surface area (Å²) in [5.41, 5.74) is 3.17. The van der Waals surface area contributed by atoms with Crippen LogP contribution < -0.4 is 5.32 Å². The fraction of sp³-hybridized carbons (Fsp3) is 0.500. The molecule has 31 heavy (non-hydrogen) atoms. The fourth-order valence-corrected chi connectivity index (χ4v) is 4.60. The monoisotopic (exact) mass is 421 g/mol. The third kappa shape index (κ3) is 4.70. The van der Waals surface area contributed by atoms with Crippen molar-refractivity contribution in [1.82, 2.24) is 19.8 Å². The Labute approximate surface area is 183 Å². The van der Waals surface area contributed by atoms with Crippen LogP contribution in [0.2, 0.25) is 0 Å². The second kappa shape index (κ2) is 9.45. The van der Waals surface area contributed by atoms with Gasteiger partial charge in [-0.25, -0.2) is 9.97 Å².